The van der Waals surface area contributed by atoms with Crippen molar-refractivity contribution in [2.75, 3.05) is 19.7 Å². The number of aromatic nitrogens is 1. The topological polar surface area (TPSA) is 34.5 Å². The van der Waals surface area contributed by atoms with Crippen LogP contribution < -0.4 is 5.56 Å². The first-order valence-electron chi connectivity index (χ1n) is 7.27. The Hall–Kier alpha value is -1.91. The van der Waals surface area contributed by atoms with Gasteiger partial charge in [0.25, 0.3) is 5.56 Å². The number of nitrogens with zero attached hydrogens (tertiary/aromatic N) is 2. The first-order valence-corrected chi connectivity index (χ1v) is 7.27. The van der Waals surface area contributed by atoms with Crippen LogP contribution in [0.25, 0.3) is 0 Å². The largest absolute Gasteiger partial charge is 0.371 e. The lowest BCUT2D eigenvalue weighted by Gasteiger charge is -2.33. The zero-order valence-electron chi connectivity index (χ0n) is 12.2. The number of hydrogen-bond donors (Lipinski definition) is 0. The van der Waals surface area contributed by atoms with E-state index in [0.717, 1.165) is 31.8 Å². The third-order valence-electron chi connectivity index (χ3n) is 3.90. The van der Waals surface area contributed by atoms with Gasteiger partial charge in [-0.1, -0.05) is 30.3 Å². The van der Waals surface area contributed by atoms with Gasteiger partial charge in [-0.2, -0.15) is 0 Å². The van der Waals surface area contributed by atoms with Crippen molar-refractivity contribution < 1.29 is 4.74 Å². The van der Waals surface area contributed by atoms with Gasteiger partial charge in [0, 0.05) is 38.9 Å². The third-order valence-corrected chi connectivity index (χ3v) is 3.90. The van der Waals surface area contributed by atoms with Crippen LogP contribution in [-0.4, -0.2) is 29.2 Å². The van der Waals surface area contributed by atoms with E-state index < -0.39 is 0 Å². The molecule has 2 aromatic rings. The highest BCUT2D eigenvalue weighted by Crippen LogP contribution is 2.22. The first-order chi connectivity index (χ1) is 10.2. The van der Waals surface area contributed by atoms with Crippen molar-refractivity contribution in [3.05, 3.63) is 70.1 Å². The summed E-state index contributed by atoms with van der Waals surface area (Å²) >= 11 is 0. The lowest BCUT2D eigenvalue weighted by atomic mass is 10.1. The summed E-state index contributed by atoms with van der Waals surface area (Å²) in [6.45, 7) is 3.28. The van der Waals surface area contributed by atoms with Gasteiger partial charge in [0.1, 0.15) is 0 Å². The Kier molecular flexibility index (Phi) is 4.18. The molecule has 0 spiro atoms. The molecule has 4 nitrogen and oxygen atoms in total. The smallest absolute Gasteiger partial charge is 0.250 e. The summed E-state index contributed by atoms with van der Waals surface area (Å²) in [7, 11) is 1.77. The maximum atomic E-state index is 11.7. The first kappa shape index (κ1) is 14.0. The molecule has 4 heteroatoms. The molecule has 1 atom stereocenters. The zero-order valence-corrected chi connectivity index (χ0v) is 12.2. The number of morpholine rings is 1. The Balaban J connectivity index is 1.69. The van der Waals surface area contributed by atoms with Crippen LogP contribution in [0, 0.1) is 0 Å². The molecule has 0 bridgehead atoms. The molecule has 1 aromatic carbocycles. The lowest BCUT2D eigenvalue weighted by molar-refractivity contribution is -0.0329. The molecule has 110 valence electrons. The molecule has 1 aliphatic rings. The molecule has 0 N–H and O–H groups in total. The number of hydrogen-bond acceptors (Lipinski definition) is 3. The van der Waals surface area contributed by atoms with Crippen molar-refractivity contribution in [2.24, 2.45) is 7.05 Å². The third kappa shape index (κ3) is 3.40. The van der Waals surface area contributed by atoms with E-state index in [0.29, 0.717) is 0 Å². The van der Waals surface area contributed by atoms with Gasteiger partial charge in [0.15, 0.2) is 0 Å². The van der Waals surface area contributed by atoms with Crippen LogP contribution in [0.1, 0.15) is 17.2 Å². The van der Waals surface area contributed by atoms with Gasteiger partial charge in [0.05, 0.1) is 12.7 Å². The molecule has 1 aromatic heterocycles. The second-order valence-electron chi connectivity index (χ2n) is 5.49. The predicted octanol–water partition coefficient (Wildman–Crippen LogP) is 1.96. The SMILES string of the molecule is Cn1ccc(CN2CCOC(c3ccccc3)C2)cc1=O. The van der Waals surface area contributed by atoms with Crippen LogP contribution in [0.2, 0.25) is 0 Å². The van der Waals surface area contributed by atoms with E-state index in [9.17, 15) is 4.79 Å². The van der Waals surface area contributed by atoms with E-state index in [2.05, 4.69) is 17.0 Å². The molecule has 1 fully saturated rings. The predicted molar refractivity (Wildman–Crippen MR) is 82.1 cm³/mol. The fourth-order valence-electron chi connectivity index (χ4n) is 2.66. The summed E-state index contributed by atoms with van der Waals surface area (Å²) in [6, 6.07) is 14.0. The second kappa shape index (κ2) is 6.24. The van der Waals surface area contributed by atoms with Crippen LogP contribution in [0.3, 0.4) is 0 Å². The fraction of sp³-hybridized carbons (Fsp3) is 0.353. The second-order valence-corrected chi connectivity index (χ2v) is 5.49. The van der Waals surface area contributed by atoms with Crippen molar-refractivity contribution in [2.45, 2.75) is 12.6 Å². The van der Waals surface area contributed by atoms with Crippen LogP contribution in [-0.2, 0) is 18.3 Å². The number of ether oxygens (including phenoxy) is 1. The van der Waals surface area contributed by atoms with Crippen LogP contribution in [0.4, 0.5) is 0 Å². The van der Waals surface area contributed by atoms with E-state index in [1.807, 2.05) is 30.5 Å². The molecule has 0 aliphatic carbocycles. The average Bonchev–Trinajstić information content (AvgIpc) is 2.52. The van der Waals surface area contributed by atoms with Crippen LogP contribution >= 0.6 is 0 Å². The molecule has 1 aliphatic heterocycles. The molecule has 0 radical (unpaired) electrons. The Bertz CT molecular complexity index is 651. The van der Waals surface area contributed by atoms with Gasteiger partial charge >= 0.3 is 0 Å². The van der Waals surface area contributed by atoms with Gasteiger partial charge in [-0.25, -0.2) is 0 Å². The van der Waals surface area contributed by atoms with Gasteiger partial charge in [-0.05, 0) is 17.2 Å². The molecule has 3 rings (SSSR count). The van der Waals surface area contributed by atoms with Crippen molar-refractivity contribution in [3.8, 4) is 0 Å². The van der Waals surface area contributed by atoms with E-state index in [-0.39, 0.29) is 11.7 Å². The Morgan fingerprint density at radius 2 is 2.05 bits per heavy atom. The Labute approximate surface area is 124 Å². The summed E-state index contributed by atoms with van der Waals surface area (Å²) in [4.78, 5) is 14.0. The van der Waals surface area contributed by atoms with E-state index in [4.69, 9.17) is 4.74 Å². The summed E-state index contributed by atoms with van der Waals surface area (Å²) < 4.78 is 7.46. The summed E-state index contributed by atoms with van der Waals surface area (Å²) in [5.41, 5.74) is 2.32. The van der Waals surface area contributed by atoms with E-state index in [1.54, 1.807) is 17.7 Å². The van der Waals surface area contributed by atoms with Gasteiger partial charge in [-0.15, -0.1) is 0 Å². The number of rotatable bonds is 3. The minimum Gasteiger partial charge on any atom is -0.371 e. The highest BCUT2D eigenvalue weighted by Gasteiger charge is 2.21. The van der Waals surface area contributed by atoms with Crippen molar-refractivity contribution in [1.29, 1.82) is 0 Å². The lowest BCUT2D eigenvalue weighted by Crippen LogP contribution is -2.38. The van der Waals surface area contributed by atoms with Gasteiger partial charge < -0.3 is 9.30 Å². The molecule has 21 heavy (non-hydrogen) atoms. The highest BCUT2D eigenvalue weighted by molar-refractivity contribution is 5.18. The van der Waals surface area contributed by atoms with Gasteiger partial charge in [0.2, 0.25) is 0 Å². The number of pyridine rings is 1. The molecular weight excluding hydrogens is 264 g/mol. The average molecular weight is 284 g/mol. The minimum absolute atomic E-state index is 0.0420. The highest BCUT2D eigenvalue weighted by atomic mass is 16.5. The summed E-state index contributed by atoms with van der Waals surface area (Å²) in [5.74, 6) is 0. The maximum absolute atomic E-state index is 11.7. The van der Waals surface area contributed by atoms with Crippen LogP contribution in [0.5, 0.6) is 0 Å². The molecular formula is C17H20N2O2. The summed E-state index contributed by atoms with van der Waals surface area (Å²) in [5, 5.41) is 0. The standard InChI is InChI=1S/C17H20N2O2/c1-18-8-7-14(11-17(18)20)12-19-9-10-21-16(13-19)15-5-3-2-4-6-15/h2-8,11,16H,9-10,12-13H2,1H3. The molecule has 1 unspecified atom stereocenters. The number of aryl methyl sites for hydroxylation is 1. The maximum Gasteiger partial charge on any atom is 0.250 e. The molecule has 0 saturated carbocycles. The Morgan fingerprint density at radius 1 is 1.24 bits per heavy atom. The molecule has 1 saturated heterocycles. The van der Waals surface area contributed by atoms with Gasteiger partial charge in [-0.3, -0.25) is 9.69 Å². The monoisotopic (exact) mass is 284 g/mol. The minimum atomic E-state index is 0.0420. The fourth-order valence-corrected chi connectivity index (χ4v) is 2.66. The summed E-state index contributed by atoms with van der Waals surface area (Å²) in [6.07, 6.45) is 1.94. The molecule has 2 heterocycles. The van der Waals surface area contributed by atoms with Crippen LogP contribution in [0.15, 0.2) is 53.5 Å². The molecule has 0 amide bonds. The zero-order chi connectivity index (χ0) is 14.7. The van der Waals surface area contributed by atoms with Crippen molar-refractivity contribution in [1.82, 2.24) is 9.47 Å². The quantitative estimate of drug-likeness (QED) is 0.864. The number of benzene rings is 1. The van der Waals surface area contributed by atoms with Crippen molar-refractivity contribution in [3.63, 3.8) is 0 Å². The normalized spacial score (nSPS) is 19.6. The van der Waals surface area contributed by atoms with E-state index >= 15 is 0 Å². The van der Waals surface area contributed by atoms with Crippen molar-refractivity contribution >= 4 is 0 Å². The Morgan fingerprint density at radius 3 is 2.81 bits per heavy atom. The van der Waals surface area contributed by atoms with E-state index in [1.165, 1.54) is 5.56 Å².